The Morgan fingerprint density at radius 1 is 0.931 bits per heavy atom. The molecule has 0 bridgehead atoms. The van der Waals surface area contributed by atoms with Crippen LogP contribution in [0.5, 0.6) is 0 Å². The lowest BCUT2D eigenvalue weighted by atomic mass is 10.1. The van der Waals surface area contributed by atoms with Crippen LogP contribution in [0.1, 0.15) is 16.7 Å². The van der Waals surface area contributed by atoms with E-state index in [-0.39, 0.29) is 35.3 Å². The largest absolute Gasteiger partial charge is 0.416 e. The molecule has 0 amide bonds. The third-order valence-electron chi connectivity index (χ3n) is 4.04. The van der Waals surface area contributed by atoms with E-state index in [1.165, 1.54) is 18.2 Å². The summed E-state index contributed by atoms with van der Waals surface area (Å²) in [5.74, 6) is -0.370. The van der Waals surface area contributed by atoms with Gasteiger partial charge in [-0.2, -0.15) is 13.2 Å². The van der Waals surface area contributed by atoms with Crippen LogP contribution in [-0.2, 0) is 19.3 Å². The van der Waals surface area contributed by atoms with Crippen molar-refractivity contribution in [2.24, 2.45) is 0 Å². The monoisotopic (exact) mass is 443 g/mol. The zero-order chi connectivity index (χ0) is 21.0. The van der Waals surface area contributed by atoms with E-state index in [0.717, 1.165) is 17.8 Å². The number of halogens is 6. The summed E-state index contributed by atoms with van der Waals surface area (Å²) in [6, 6.07) is 11.2. The van der Waals surface area contributed by atoms with Crippen LogP contribution < -0.4 is 10.6 Å². The van der Waals surface area contributed by atoms with Gasteiger partial charge in [0.15, 0.2) is 0 Å². The Morgan fingerprint density at radius 2 is 1.66 bits per heavy atom. The first kappa shape index (κ1) is 21.4. The molecule has 0 spiro atoms. The van der Waals surface area contributed by atoms with Gasteiger partial charge in [0, 0.05) is 24.3 Å². The highest BCUT2D eigenvalue weighted by Crippen LogP contribution is 2.34. The molecule has 0 aliphatic rings. The van der Waals surface area contributed by atoms with Gasteiger partial charge in [-0.15, -0.1) is 0 Å². The first-order chi connectivity index (χ1) is 13.7. The summed E-state index contributed by atoms with van der Waals surface area (Å²) in [6.45, 7) is 0.235. The summed E-state index contributed by atoms with van der Waals surface area (Å²) in [6.07, 6.45) is -3.40. The van der Waals surface area contributed by atoms with Gasteiger partial charge in [0.1, 0.15) is 11.6 Å². The van der Waals surface area contributed by atoms with Crippen molar-refractivity contribution >= 4 is 34.7 Å². The van der Waals surface area contributed by atoms with E-state index >= 15 is 0 Å². The molecule has 2 N–H and O–H groups in total. The number of alkyl halides is 3. The van der Waals surface area contributed by atoms with Crippen molar-refractivity contribution in [1.29, 1.82) is 0 Å². The molecule has 0 aliphatic heterocycles. The lowest BCUT2D eigenvalue weighted by Gasteiger charge is -2.16. The maximum absolute atomic E-state index is 13.5. The Hall–Kier alpha value is -2.35. The van der Waals surface area contributed by atoms with E-state index in [1.807, 2.05) is 0 Å². The normalized spacial score (nSPS) is 11.5. The molecule has 0 atom stereocenters. The number of rotatable bonds is 6. The highest BCUT2D eigenvalue weighted by molar-refractivity contribution is 6.36. The van der Waals surface area contributed by atoms with Gasteiger partial charge in [-0.1, -0.05) is 35.3 Å². The van der Waals surface area contributed by atoms with E-state index in [1.54, 1.807) is 24.3 Å². The van der Waals surface area contributed by atoms with Crippen LogP contribution in [-0.4, -0.2) is 4.98 Å². The van der Waals surface area contributed by atoms with E-state index in [4.69, 9.17) is 23.2 Å². The minimum Gasteiger partial charge on any atom is -0.339 e. The van der Waals surface area contributed by atoms with Gasteiger partial charge in [-0.05, 0) is 47.5 Å². The molecule has 0 fully saturated rings. The molecular weight excluding hydrogens is 429 g/mol. The number of nitrogens with one attached hydrogen (secondary N) is 2. The summed E-state index contributed by atoms with van der Waals surface area (Å²) < 4.78 is 53.5. The molecule has 3 aromatic rings. The summed E-state index contributed by atoms with van der Waals surface area (Å²) >= 11 is 11.9. The van der Waals surface area contributed by atoms with Crippen molar-refractivity contribution in [3.8, 4) is 0 Å². The summed E-state index contributed by atoms with van der Waals surface area (Å²) in [5.41, 5.74) is 0.321. The van der Waals surface area contributed by atoms with Crippen LogP contribution in [0.25, 0.3) is 0 Å². The number of nitrogens with zero attached hydrogens (tertiary/aromatic N) is 1. The molecule has 3 nitrogen and oxygen atoms in total. The maximum Gasteiger partial charge on any atom is 0.416 e. The molecule has 29 heavy (non-hydrogen) atoms. The third kappa shape index (κ3) is 5.82. The fourth-order valence-electron chi connectivity index (χ4n) is 2.63. The average molecular weight is 444 g/mol. The van der Waals surface area contributed by atoms with E-state index in [0.29, 0.717) is 10.7 Å². The number of pyridine rings is 1. The van der Waals surface area contributed by atoms with Crippen LogP contribution >= 0.6 is 23.2 Å². The number of hydrogen-bond donors (Lipinski definition) is 2. The van der Waals surface area contributed by atoms with Gasteiger partial charge >= 0.3 is 6.18 Å². The average Bonchev–Trinajstić information content (AvgIpc) is 2.66. The van der Waals surface area contributed by atoms with Crippen molar-refractivity contribution in [1.82, 2.24) is 10.3 Å². The van der Waals surface area contributed by atoms with Gasteiger partial charge in [0.25, 0.3) is 0 Å². The molecule has 2 aromatic carbocycles. The molecule has 3 rings (SSSR count). The molecule has 0 radical (unpaired) electrons. The molecule has 0 aliphatic carbocycles. The standard InChI is InChI=1S/C20H15Cl2F4N3/c21-14-3-6-18(17(22)7-14)29-19-8-16(20(24,25)26)13(11-28-19)10-27-9-12-1-4-15(23)5-2-12/h1-8,11,27H,9-10H2,(H,28,29). The third-order valence-corrected chi connectivity index (χ3v) is 4.59. The lowest BCUT2D eigenvalue weighted by Crippen LogP contribution is -2.18. The molecule has 0 saturated carbocycles. The SMILES string of the molecule is Fc1ccc(CNCc2cnc(Nc3ccc(Cl)cc3Cl)cc2C(F)(F)F)cc1. The van der Waals surface area contributed by atoms with Gasteiger partial charge in [-0.25, -0.2) is 9.37 Å². The van der Waals surface area contributed by atoms with Crippen LogP contribution in [0.4, 0.5) is 29.1 Å². The Balaban J connectivity index is 1.76. The van der Waals surface area contributed by atoms with Crippen molar-refractivity contribution in [3.05, 3.63) is 87.3 Å². The van der Waals surface area contributed by atoms with Gasteiger partial charge in [0.05, 0.1) is 16.3 Å². The minimum absolute atomic E-state index is 0.00355. The summed E-state index contributed by atoms with van der Waals surface area (Å²) in [7, 11) is 0. The molecular formula is C20H15Cl2F4N3. The van der Waals surface area contributed by atoms with Crippen molar-refractivity contribution in [2.45, 2.75) is 19.3 Å². The Kier molecular flexibility index (Phi) is 6.62. The number of hydrogen-bond acceptors (Lipinski definition) is 3. The van der Waals surface area contributed by atoms with Crippen LogP contribution in [0.15, 0.2) is 54.7 Å². The maximum atomic E-state index is 13.5. The Labute approximate surface area is 174 Å². The predicted molar refractivity (Wildman–Crippen MR) is 106 cm³/mol. The molecule has 0 saturated heterocycles. The predicted octanol–water partition coefficient (Wildman–Crippen LogP) is 6.58. The molecule has 0 unspecified atom stereocenters. The van der Waals surface area contributed by atoms with Crippen LogP contribution in [0.3, 0.4) is 0 Å². The first-order valence-corrected chi connectivity index (χ1v) is 9.21. The van der Waals surface area contributed by atoms with Crippen LogP contribution in [0, 0.1) is 5.82 Å². The van der Waals surface area contributed by atoms with Crippen molar-refractivity contribution in [2.75, 3.05) is 5.32 Å². The highest BCUT2D eigenvalue weighted by atomic mass is 35.5. The molecule has 152 valence electrons. The number of anilines is 2. The molecule has 9 heteroatoms. The van der Waals surface area contributed by atoms with Gasteiger partial charge in [-0.3, -0.25) is 0 Å². The first-order valence-electron chi connectivity index (χ1n) is 8.46. The van der Waals surface area contributed by atoms with Gasteiger partial charge in [0.2, 0.25) is 0 Å². The second-order valence-electron chi connectivity index (χ2n) is 6.20. The van der Waals surface area contributed by atoms with Crippen molar-refractivity contribution in [3.63, 3.8) is 0 Å². The second kappa shape index (κ2) is 8.98. The van der Waals surface area contributed by atoms with Gasteiger partial charge < -0.3 is 10.6 Å². The highest BCUT2D eigenvalue weighted by Gasteiger charge is 2.34. The topological polar surface area (TPSA) is 37.0 Å². The second-order valence-corrected chi connectivity index (χ2v) is 7.05. The van der Waals surface area contributed by atoms with Crippen molar-refractivity contribution < 1.29 is 17.6 Å². The number of aromatic nitrogens is 1. The lowest BCUT2D eigenvalue weighted by molar-refractivity contribution is -0.138. The zero-order valence-corrected chi connectivity index (χ0v) is 16.3. The summed E-state index contributed by atoms with van der Waals surface area (Å²) in [5, 5.41) is 6.36. The molecule has 1 heterocycles. The van der Waals surface area contributed by atoms with Crippen LogP contribution in [0.2, 0.25) is 10.0 Å². The van der Waals surface area contributed by atoms with E-state index in [2.05, 4.69) is 15.6 Å². The zero-order valence-electron chi connectivity index (χ0n) is 14.8. The Bertz CT molecular complexity index is 992. The quantitative estimate of drug-likeness (QED) is 0.422. The van der Waals surface area contributed by atoms with E-state index in [9.17, 15) is 17.6 Å². The molecule has 1 aromatic heterocycles. The number of benzene rings is 2. The smallest absolute Gasteiger partial charge is 0.339 e. The Morgan fingerprint density at radius 3 is 2.31 bits per heavy atom. The van der Waals surface area contributed by atoms with E-state index < -0.39 is 11.7 Å². The fourth-order valence-corrected chi connectivity index (χ4v) is 3.09. The fraction of sp³-hybridized carbons (Fsp3) is 0.150. The minimum atomic E-state index is -4.56. The summed E-state index contributed by atoms with van der Waals surface area (Å²) in [4.78, 5) is 4.06.